The molecule has 1 aromatic carbocycles. The molecule has 0 aliphatic heterocycles. The van der Waals surface area contributed by atoms with E-state index in [4.69, 9.17) is 5.73 Å². The van der Waals surface area contributed by atoms with E-state index in [-0.39, 0.29) is 22.7 Å². The van der Waals surface area contributed by atoms with Gasteiger partial charge in [-0.15, -0.1) is 0 Å². The molecule has 0 atom stereocenters. The molecule has 3 aromatic rings. The van der Waals surface area contributed by atoms with Crippen molar-refractivity contribution in [1.82, 2.24) is 19.5 Å². The molecule has 3 rings (SSSR count). The Kier molecular flexibility index (Phi) is 2.49. The molecule has 0 aliphatic carbocycles. The maximum Gasteiger partial charge on any atom is 0.282 e. The van der Waals surface area contributed by atoms with Gasteiger partial charge < -0.3 is 5.73 Å². The van der Waals surface area contributed by atoms with Gasteiger partial charge in [0, 0.05) is 12.6 Å². The molecule has 6 heteroatoms. The molecule has 2 heterocycles. The van der Waals surface area contributed by atoms with Crippen molar-refractivity contribution in [2.75, 3.05) is 5.73 Å². The van der Waals surface area contributed by atoms with E-state index in [1.807, 2.05) is 30.3 Å². The molecule has 2 aromatic heterocycles. The van der Waals surface area contributed by atoms with E-state index in [1.165, 1.54) is 4.57 Å². The van der Waals surface area contributed by atoms with Crippen molar-refractivity contribution >= 4 is 17.1 Å². The summed E-state index contributed by atoms with van der Waals surface area (Å²) < 4.78 is 1.25. The molecule has 0 spiro atoms. The second-order valence-electron chi connectivity index (χ2n) is 4.13. The van der Waals surface area contributed by atoms with Crippen LogP contribution in [0.2, 0.25) is 0 Å². The lowest BCUT2D eigenvalue weighted by atomic mass is 10.2. The number of rotatable bonds is 1. The molecule has 0 aliphatic rings. The zero-order valence-electron chi connectivity index (χ0n) is 10.2. The number of nitrogen functional groups attached to an aromatic ring is 1. The van der Waals surface area contributed by atoms with Crippen LogP contribution in [0, 0.1) is 0 Å². The van der Waals surface area contributed by atoms with E-state index in [0.29, 0.717) is 5.69 Å². The quantitative estimate of drug-likeness (QED) is 0.698. The summed E-state index contributed by atoms with van der Waals surface area (Å²) in [5.74, 6) is 0.122. The summed E-state index contributed by atoms with van der Waals surface area (Å²) in [6, 6.07) is 9.57. The number of hydrogen-bond acceptors (Lipinski definition) is 5. The maximum atomic E-state index is 11.9. The summed E-state index contributed by atoms with van der Waals surface area (Å²) in [6.45, 7) is 0. The lowest BCUT2D eigenvalue weighted by Crippen LogP contribution is -2.22. The maximum absolute atomic E-state index is 11.9. The number of aromatic nitrogens is 4. The lowest BCUT2D eigenvalue weighted by Gasteiger charge is -2.05. The fourth-order valence-corrected chi connectivity index (χ4v) is 1.80. The second kappa shape index (κ2) is 4.16. The topological polar surface area (TPSA) is 86.7 Å². The highest BCUT2D eigenvalue weighted by molar-refractivity contribution is 5.73. The van der Waals surface area contributed by atoms with Crippen molar-refractivity contribution in [2.45, 2.75) is 0 Å². The summed E-state index contributed by atoms with van der Waals surface area (Å²) >= 11 is 0. The van der Waals surface area contributed by atoms with Crippen LogP contribution in [0.1, 0.15) is 0 Å². The molecular weight excluding hydrogens is 242 g/mol. The molecule has 0 saturated carbocycles. The molecule has 94 valence electrons. The van der Waals surface area contributed by atoms with Crippen molar-refractivity contribution in [3.63, 3.8) is 0 Å². The molecule has 0 amide bonds. The van der Waals surface area contributed by atoms with Crippen LogP contribution >= 0.6 is 0 Å². The van der Waals surface area contributed by atoms with Crippen molar-refractivity contribution in [3.8, 4) is 11.3 Å². The molecule has 0 saturated heterocycles. The Labute approximate surface area is 108 Å². The fraction of sp³-hybridized carbons (Fsp3) is 0.0769. The van der Waals surface area contributed by atoms with Gasteiger partial charge in [-0.3, -0.25) is 9.36 Å². The van der Waals surface area contributed by atoms with Crippen molar-refractivity contribution in [1.29, 1.82) is 0 Å². The Balaban J connectivity index is 2.28. The highest BCUT2D eigenvalue weighted by atomic mass is 16.1. The molecule has 19 heavy (non-hydrogen) atoms. The normalized spacial score (nSPS) is 10.8. The summed E-state index contributed by atoms with van der Waals surface area (Å²) in [5.41, 5.74) is 7.42. The van der Waals surface area contributed by atoms with Gasteiger partial charge in [-0.1, -0.05) is 30.3 Å². The van der Waals surface area contributed by atoms with Crippen molar-refractivity contribution in [3.05, 3.63) is 46.9 Å². The van der Waals surface area contributed by atoms with Crippen LogP contribution in [-0.4, -0.2) is 19.5 Å². The first-order valence-corrected chi connectivity index (χ1v) is 5.71. The minimum absolute atomic E-state index is 0.122. The third-order valence-electron chi connectivity index (χ3n) is 2.89. The first kappa shape index (κ1) is 11.3. The Morgan fingerprint density at radius 1 is 1.16 bits per heavy atom. The number of nitrogens with zero attached hydrogens (tertiary/aromatic N) is 4. The average molecular weight is 253 g/mol. The number of fused-ring (bicyclic) bond motifs is 1. The van der Waals surface area contributed by atoms with Crippen LogP contribution in [0.5, 0.6) is 0 Å². The fourth-order valence-electron chi connectivity index (χ4n) is 1.80. The molecule has 2 N–H and O–H groups in total. The Morgan fingerprint density at radius 2 is 1.89 bits per heavy atom. The number of hydrogen-bond donors (Lipinski definition) is 1. The van der Waals surface area contributed by atoms with E-state index >= 15 is 0 Å². The summed E-state index contributed by atoms with van der Waals surface area (Å²) in [7, 11) is 1.55. The largest absolute Gasteiger partial charge is 0.369 e. The Hall–Kier alpha value is -2.76. The van der Waals surface area contributed by atoms with Crippen LogP contribution in [0.4, 0.5) is 5.95 Å². The van der Waals surface area contributed by atoms with Crippen molar-refractivity contribution < 1.29 is 0 Å². The standard InChI is InChI=1S/C13H11N5O/c1-18-12(19)10-11(17-13(18)14)16-9(7-15-10)8-5-3-2-4-6-8/h2-7H,1H3,(H2,14,16,17). The minimum atomic E-state index is -0.297. The summed E-state index contributed by atoms with van der Waals surface area (Å²) in [4.78, 5) is 24.5. The van der Waals surface area contributed by atoms with E-state index in [9.17, 15) is 4.79 Å². The zero-order chi connectivity index (χ0) is 13.4. The summed E-state index contributed by atoms with van der Waals surface area (Å²) in [5, 5.41) is 0. The smallest absolute Gasteiger partial charge is 0.282 e. The van der Waals surface area contributed by atoms with Gasteiger partial charge in [0.1, 0.15) is 0 Å². The van der Waals surface area contributed by atoms with Gasteiger partial charge in [0.25, 0.3) is 5.56 Å². The number of nitrogens with two attached hydrogens (primary N) is 1. The highest BCUT2D eigenvalue weighted by Crippen LogP contribution is 2.16. The van der Waals surface area contributed by atoms with E-state index in [2.05, 4.69) is 15.0 Å². The van der Waals surface area contributed by atoms with Crippen LogP contribution in [0.3, 0.4) is 0 Å². The van der Waals surface area contributed by atoms with Crippen LogP contribution in [-0.2, 0) is 7.05 Å². The Morgan fingerprint density at radius 3 is 2.63 bits per heavy atom. The van der Waals surface area contributed by atoms with Crippen molar-refractivity contribution in [2.24, 2.45) is 7.05 Å². The minimum Gasteiger partial charge on any atom is -0.369 e. The van der Waals surface area contributed by atoms with Gasteiger partial charge in [-0.05, 0) is 0 Å². The Bertz CT molecular complexity index is 810. The van der Waals surface area contributed by atoms with Crippen LogP contribution in [0.25, 0.3) is 22.4 Å². The zero-order valence-corrected chi connectivity index (χ0v) is 10.2. The van der Waals surface area contributed by atoms with E-state index in [1.54, 1.807) is 13.2 Å². The van der Waals surface area contributed by atoms with Crippen LogP contribution in [0.15, 0.2) is 41.3 Å². The monoisotopic (exact) mass is 253 g/mol. The molecule has 0 fully saturated rings. The summed E-state index contributed by atoms with van der Waals surface area (Å²) in [6.07, 6.45) is 1.57. The second-order valence-corrected chi connectivity index (χ2v) is 4.13. The van der Waals surface area contributed by atoms with Gasteiger partial charge in [-0.2, -0.15) is 4.98 Å². The van der Waals surface area contributed by atoms with Gasteiger partial charge in [-0.25, -0.2) is 9.97 Å². The van der Waals surface area contributed by atoms with Gasteiger partial charge in [0.15, 0.2) is 11.2 Å². The molecule has 6 nitrogen and oxygen atoms in total. The van der Waals surface area contributed by atoms with Gasteiger partial charge in [0.05, 0.1) is 11.9 Å². The van der Waals surface area contributed by atoms with Gasteiger partial charge >= 0.3 is 0 Å². The third kappa shape index (κ3) is 1.83. The first-order valence-electron chi connectivity index (χ1n) is 5.71. The molecule has 0 bridgehead atoms. The predicted molar refractivity (Wildman–Crippen MR) is 72.4 cm³/mol. The number of benzene rings is 1. The molecular formula is C13H11N5O. The van der Waals surface area contributed by atoms with E-state index in [0.717, 1.165) is 5.56 Å². The lowest BCUT2D eigenvalue weighted by molar-refractivity contribution is 0.853. The van der Waals surface area contributed by atoms with E-state index < -0.39 is 0 Å². The third-order valence-corrected chi connectivity index (χ3v) is 2.89. The number of anilines is 1. The highest BCUT2D eigenvalue weighted by Gasteiger charge is 2.09. The van der Waals surface area contributed by atoms with Crippen LogP contribution < -0.4 is 11.3 Å². The predicted octanol–water partition coefficient (Wildman–Crippen LogP) is 0.973. The first-order chi connectivity index (χ1) is 9.16. The average Bonchev–Trinajstić information content (AvgIpc) is 2.45. The molecule has 0 radical (unpaired) electrons. The molecule has 0 unspecified atom stereocenters. The SMILES string of the molecule is Cn1c(N)nc2nc(-c3ccccc3)cnc2c1=O. The van der Waals surface area contributed by atoms with Gasteiger partial charge in [0.2, 0.25) is 5.95 Å².